The van der Waals surface area contributed by atoms with Crippen molar-refractivity contribution in [1.82, 2.24) is 14.8 Å². The fraction of sp³-hybridized carbons (Fsp3) is 0.318. The van der Waals surface area contributed by atoms with Gasteiger partial charge in [-0.05, 0) is 43.0 Å². The maximum Gasteiger partial charge on any atom is 0.234 e. The molecule has 2 aromatic carbocycles. The summed E-state index contributed by atoms with van der Waals surface area (Å²) in [4.78, 5) is 12.4. The van der Waals surface area contributed by atoms with E-state index < -0.39 is 0 Å². The molecule has 0 saturated heterocycles. The van der Waals surface area contributed by atoms with Gasteiger partial charge in [-0.1, -0.05) is 61.2 Å². The van der Waals surface area contributed by atoms with Gasteiger partial charge in [-0.3, -0.25) is 4.79 Å². The molecule has 1 aromatic heterocycles. The summed E-state index contributed by atoms with van der Waals surface area (Å²) >= 11 is 1.43. The number of rotatable bonds is 8. The first-order valence-corrected chi connectivity index (χ1v) is 10.5. The molecule has 0 atom stereocenters. The predicted octanol–water partition coefficient (Wildman–Crippen LogP) is 4.63. The molecule has 1 N–H and O–H groups in total. The molecule has 0 unspecified atom stereocenters. The molecule has 0 radical (unpaired) electrons. The Balaban J connectivity index is 1.66. The number of hydrogen-bond acceptors (Lipinski definition) is 4. The molecular weight excluding hydrogens is 368 g/mol. The van der Waals surface area contributed by atoms with Gasteiger partial charge in [-0.15, -0.1) is 10.2 Å². The van der Waals surface area contributed by atoms with E-state index in [9.17, 15) is 4.79 Å². The molecule has 0 aliphatic rings. The van der Waals surface area contributed by atoms with Crippen LogP contribution in [0.25, 0.3) is 0 Å². The van der Waals surface area contributed by atoms with Crippen molar-refractivity contribution in [3.63, 3.8) is 0 Å². The number of benzene rings is 2. The minimum Gasteiger partial charge on any atom is -0.325 e. The molecule has 146 valence electrons. The number of amides is 1. The van der Waals surface area contributed by atoms with Crippen LogP contribution < -0.4 is 5.32 Å². The minimum absolute atomic E-state index is 0.0330. The predicted molar refractivity (Wildman–Crippen MR) is 115 cm³/mol. The first kappa shape index (κ1) is 20.1. The van der Waals surface area contributed by atoms with Gasteiger partial charge in [0.05, 0.1) is 5.75 Å². The Labute approximate surface area is 170 Å². The maximum absolute atomic E-state index is 12.4. The second-order valence-corrected chi connectivity index (χ2v) is 7.74. The Bertz CT molecular complexity index is 937. The Morgan fingerprint density at radius 3 is 2.61 bits per heavy atom. The lowest BCUT2D eigenvalue weighted by molar-refractivity contribution is -0.113. The highest BCUT2D eigenvalue weighted by atomic mass is 32.2. The normalized spacial score (nSPS) is 10.8. The van der Waals surface area contributed by atoms with Crippen LogP contribution in [0.5, 0.6) is 0 Å². The summed E-state index contributed by atoms with van der Waals surface area (Å²) in [6.45, 7) is 7.04. The van der Waals surface area contributed by atoms with Crippen molar-refractivity contribution in [2.24, 2.45) is 0 Å². The number of anilines is 1. The maximum atomic E-state index is 12.4. The summed E-state index contributed by atoms with van der Waals surface area (Å²) < 4.78 is 2.13. The van der Waals surface area contributed by atoms with E-state index in [4.69, 9.17) is 0 Å². The first-order valence-electron chi connectivity index (χ1n) is 9.53. The van der Waals surface area contributed by atoms with Crippen molar-refractivity contribution in [3.05, 3.63) is 71.0 Å². The zero-order chi connectivity index (χ0) is 19.9. The number of nitrogens with one attached hydrogen (secondary N) is 1. The Morgan fingerprint density at radius 1 is 1.07 bits per heavy atom. The molecule has 0 bridgehead atoms. The smallest absolute Gasteiger partial charge is 0.234 e. The van der Waals surface area contributed by atoms with Crippen LogP contribution in [0, 0.1) is 13.8 Å². The summed E-state index contributed by atoms with van der Waals surface area (Å²) in [5.74, 6) is 1.21. The van der Waals surface area contributed by atoms with Gasteiger partial charge >= 0.3 is 0 Å². The molecule has 0 fully saturated rings. The molecule has 0 saturated carbocycles. The van der Waals surface area contributed by atoms with E-state index in [0.717, 1.165) is 41.6 Å². The highest BCUT2D eigenvalue weighted by Crippen LogP contribution is 2.21. The number of aryl methyl sites for hydroxylation is 1. The molecule has 3 rings (SSSR count). The molecule has 28 heavy (non-hydrogen) atoms. The van der Waals surface area contributed by atoms with Crippen LogP contribution in [0.1, 0.15) is 35.9 Å². The molecule has 5 nitrogen and oxygen atoms in total. The van der Waals surface area contributed by atoms with Gasteiger partial charge in [0.1, 0.15) is 5.82 Å². The van der Waals surface area contributed by atoms with E-state index in [1.54, 1.807) is 0 Å². The minimum atomic E-state index is -0.0330. The van der Waals surface area contributed by atoms with Gasteiger partial charge in [0.15, 0.2) is 5.16 Å². The van der Waals surface area contributed by atoms with E-state index in [1.807, 2.05) is 50.2 Å². The Hall–Kier alpha value is -2.60. The topological polar surface area (TPSA) is 59.8 Å². The zero-order valence-electron chi connectivity index (χ0n) is 16.6. The second-order valence-electron chi connectivity index (χ2n) is 6.80. The van der Waals surface area contributed by atoms with Gasteiger partial charge in [0.2, 0.25) is 5.91 Å². The highest BCUT2D eigenvalue weighted by molar-refractivity contribution is 7.99. The quantitative estimate of drug-likeness (QED) is 0.566. The number of nitrogens with zero attached hydrogens (tertiary/aromatic N) is 3. The molecule has 0 aliphatic heterocycles. The van der Waals surface area contributed by atoms with Gasteiger partial charge in [0.25, 0.3) is 0 Å². The molecule has 3 aromatic rings. The molecule has 6 heteroatoms. The number of thioether (sulfide) groups is 1. The van der Waals surface area contributed by atoms with Crippen molar-refractivity contribution < 1.29 is 4.79 Å². The number of hydrogen-bond donors (Lipinski definition) is 1. The summed E-state index contributed by atoms with van der Waals surface area (Å²) in [7, 11) is 0. The fourth-order valence-corrected chi connectivity index (χ4v) is 3.77. The van der Waals surface area contributed by atoms with Crippen molar-refractivity contribution in [3.8, 4) is 0 Å². The number of carbonyl (C=O) groups is 1. The molecule has 1 heterocycles. The van der Waals surface area contributed by atoms with Crippen molar-refractivity contribution in [2.75, 3.05) is 11.1 Å². The average Bonchev–Trinajstić information content (AvgIpc) is 3.06. The fourth-order valence-electron chi connectivity index (χ4n) is 2.99. The van der Waals surface area contributed by atoms with Crippen LogP contribution in [-0.2, 0) is 17.8 Å². The van der Waals surface area contributed by atoms with Crippen LogP contribution in [0.3, 0.4) is 0 Å². The van der Waals surface area contributed by atoms with Gasteiger partial charge < -0.3 is 9.88 Å². The molecular formula is C22H26N4OS. The summed E-state index contributed by atoms with van der Waals surface area (Å²) in [5, 5.41) is 12.5. The second kappa shape index (κ2) is 9.55. The lowest BCUT2D eigenvalue weighted by atomic mass is 10.1. The molecule has 1 amide bonds. The van der Waals surface area contributed by atoms with Crippen molar-refractivity contribution >= 4 is 23.4 Å². The Morgan fingerprint density at radius 2 is 1.86 bits per heavy atom. The van der Waals surface area contributed by atoms with Crippen molar-refractivity contribution in [2.45, 2.75) is 45.3 Å². The summed E-state index contributed by atoms with van der Waals surface area (Å²) in [6, 6.07) is 16.2. The van der Waals surface area contributed by atoms with Gasteiger partial charge in [-0.25, -0.2) is 0 Å². The van der Waals surface area contributed by atoms with Crippen LogP contribution in [0.2, 0.25) is 0 Å². The van der Waals surface area contributed by atoms with Crippen LogP contribution in [-0.4, -0.2) is 26.4 Å². The largest absolute Gasteiger partial charge is 0.325 e. The Kier molecular flexibility index (Phi) is 6.87. The third-order valence-electron chi connectivity index (χ3n) is 4.66. The highest BCUT2D eigenvalue weighted by Gasteiger charge is 2.14. The first-order chi connectivity index (χ1) is 13.6. The van der Waals surface area contributed by atoms with Gasteiger partial charge in [0, 0.05) is 18.7 Å². The monoisotopic (exact) mass is 394 g/mol. The van der Waals surface area contributed by atoms with Crippen LogP contribution >= 0.6 is 11.8 Å². The number of carbonyl (C=O) groups excluding carboxylic acids is 1. The number of aromatic nitrogens is 3. The third-order valence-corrected chi connectivity index (χ3v) is 5.62. The van der Waals surface area contributed by atoms with E-state index in [-0.39, 0.29) is 5.91 Å². The van der Waals surface area contributed by atoms with E-state index in [2.05, 4.69) is 39.1 Å². The zero-order valence-corrected chi connectivity index (χ0v) is 17.4. The summed E-state index contributed by atoms with van der Waals surface area (Å²) in [6.07, 6.45) is 1.73. The third kappa shape index (κ3) is 5.01. The van der Waals surface area contributed by atoms with E-state index >= 15 is 0 Å². The van der Waals surface area contributed by atoms with Crippen LogP contribution in [0.15, 0.2) is 53.7 Å². The molecule has 0 spiro atoms. The summed E-state index contributed by atoms with van der Waals surface area (Å²) in [5.41, 5.74) is 4.33. The van der Waals surface area contributed by atoms with Crippen LogP contribution in [0.4, 0.5) is 5.69 Å². The SMILES string of the molecule is CCCn1c(Cc2ccccc2)nnc1SCC(=O)Nc1cccc(C)c1C. The standard InChI is InChI=1S/C22H26N4OS/c1-4-13-26-20(14-18-10-6-5-7-11-18)24-25-22(26)28-15-21(27)23-19-12-8-9-16(2)17(19)3/h5-12H,4,13-15H2,1-3H3,(H,23,27). The van der Waals surface area contributed by atoms with Crippen molar-refractivity contribution in [1.29, 1.82) is 0 Å². The van der Waals surface area contributed by atoms with E-state index in [0.29, 0.717) is 5.75 Å². The lowest BCUT2D eigenvalue weighted by Crippen LogP contribution is -2.16. The van der Waals surface area contributed by atoms with Gasteiger partial charge in [-0.2, -0.15) is 0 Å². The molecule has 0 aliphatic carbocycles. The lowest BCUT2D eigenvalue weighted by Gasteiger charge is -2.11. The average molecular weight is 395 g/mol. The van der Waals surface area contributed by atoms with E-state index in [1.165, 1.54) is 22.9 Å².